The average molecular weight is 404 g/mol. The number of methoxy groups -OCH3 is 1. The van der Waals surface area contributed by atoms with Gasteiger partial charge in [-0.3, -0.25) is 4.98 Å². The lowest BCUT2D eigenvalue weighted by Crippen LogP contribution is -2.39. The van der Waals surface area contributed by atoms with E-state index in [-0.39, 0.29) is 11.5 Å². The van der Waals surface area contributed by atoms with Gasteiger partial charge in [0.2, 0.25) is 0 Å². The Labute approximate surface area is 178 Å². The van der Waals surface area contributed by atoms with Crippen LogP contribution < -0.4 is 10.1 Å². The van der Waals surface area contributed by atoms with E-state index < -0.39 is 0 Å². The molecule has 1 aromatic heterocycles. The lowest BCUT2D eigenvalue weighted by Gasteiger charge is -2.41. The number of anilines is 1. The number of aromatic nitrogens is 2. The van der Waals surface area contributed by atoms with Gasteiger partial charge in [0.1, 0.15) is 11.6 Å². The molecule has 0 radical (unpaired) electrons. The van der Waals surface area contributed by atoms with Crippen molar-refractivity contribution in [2.45, 2.75) is 37.7 Å². The van der Waals surface area contributed by atoms with Crippen LogP contribution >= 0.6 is 0 Å². The number of benzene rings is 2. The fourth-order valence-corrected chi connectivity index (χ4v) is 4.39. The van der Waals surface area contributed by atoms with Crippen molar-refractivity contribution in [1.82, 2.24) is 9.97 Å². The van der Waals surface area contributed by atoms with E-state index in [1.54, 1.807) is 19.5 Å². The highest BCUT2D eigenvalue weighted by Gasteiger charge is 2.36. The fraction of sp³-hybridized carbons (Fsp3) is 0.360. The molecule has 2 aromatic carbocycles. The van der Waals surface area contributed by atoms with Gasteiger partial charge in [0.05, 0.1) is 31.3 Å². The van der Waals surface area contributed by atoms with Gasteiger partial charge in [0.15, 0.2) is 0 Å². The summed E-state index contributed by atoms with van der Waals surface area (Å²) in [4.78, 5) is 9.14. The Balaban J connectivity index is 1.47. The van der Waals surface area contributed by atoms with Gasteiger partial charge in [0, 0.05) is 24.1 Å². The van der Waals surface area contributed by atoms with Gasteiger partial charge in [-0.15, -0.1) is 0 Å². The molecule has 0 saturated carbocycles. The first-order valence-electron chi connectivity index (χ1n) is 10.6. The normalized spacial score (nSPS) is 21.2. The topological polar surface area (TPSA) is 56.3 Å². The molecule has 1 saturated heterocycles. The lowest BCUT2D eigenvalue weighted by molar-refractivity contribution is -0.0120. The van der Waals surface area contributed by atoms with E-state index in [2.05, 4.69) is 47.6 Å². The van der Waals surface area contributed by atoms with Crippen LogP contribution in [-0.4, -0.2) is 36.3 Å². The van der Waals surface area contributed by atoms with E-state index in [4.69, 9.17) is 14.5 Å². The number of hydrogen-bond acceptors (Lipinski definition) is 5. The number of rotatable bonds is 7. The molecular weight excluding hydrogens is 374 g/mol. The molecule has 3 aromatic rings. The van der Waals surface area contributed by atoms with E-state index in [1.807, 2.05) is 24.3 Å². The van der Waals surface area contributed by atoms with Gasteiger partial charge in [-0.05, 0) is 43.9 Å². The number of nitrogens with zero attached hydrogens (tertiary/aromatic N) is 2. The maximum absolute atomic E-state index is 5.85. The molecule has 1 aliphatic heterocycles. The highest BCUT2D eigenvalue weighted by atomic mass is 16.5. The quantitative estimate of drug-likeness (QED) is 0.595. The van der Waals surface area contributed by atoms with Crippen LogP contribution in [0.25, 0.3) is 11.3 Å². The fourth-order valence-electron chi connectivity index (χ4n) is 4.39. The largest absolute Gasteiger partial charge is 0.497 e. The minimum Gasteiger partial charge on any atom is -0.497 e. The minimum atomic E-state index is 0.129. The van der Waals surface area contributed by atoms with E-state index in [0.29, 0.717) is 0 Å². The highest BCUT2D eigenvalue weighted by molar-refractivity contribution is 5.61. The Morgan fingerprint density at radius 3 is 2.80 bits per heavy atom. The molecule has 2 heterocycles. The molecule has 0 bridgehead atoms. The summed E-state index contributed by atoms with van der Waals surface area (Å²) in [6.07, 6.45) is 6.94. The Morgan fingerprint density at radius 2 is 2.00 bits per heavy atom. The van der Waals surface area contributed by atoms with Crippen molar-refractivity contribution >= 4 is 5.82 Å². The summed E-state index contributed by atoms with van der Waals surface area (Å²) < 4.78 is 11.2. The molecular formula is C25H29N3O2. The summed E-state index contributed by atoms with van der Waals surface area (Å²) in [5.41, 5.74) is 3.35. The molecule has 2 unspecified atom stereocenters. The minimum absolute atomic E-state index is 0.129. The smallest absolute Gasteiger partial charge is 0.145 e. The van der Waals surface area contributed by atoms with Crippen molar-refractivity contribution in [3.8, 4) is 17.0 Å². The van der Waals surface area contributed by atoms with Crippen LogP contribution in [0.2, 0.25) is 0 Å². The molecule has 0 aliphatic carbocycles. The Bertz CT molecular complexity index is 963. The summed E-state index contributed by atoms with van der Waals surface area (Å²) >= 11 is 0. The third kappa shape index (κ3) is 4.62. The van der Waals surface area contributed by atoms with E-state index >= 15 is 0 Å². The first-order chi connectivity index (χ1) is 14.7. The van der Waals surface area contributed by atoms with Gasteiger partial charge in [-0.25, -0.2) is 4.98 Å². The molecule has 0 spiro atoms. The summed E-state index contributed by atoms with van der Waals surface area (Å²) in [5.74, 6) is 1.60. The second kappa shape index (κ2) is 9.26. The van der Waals surface area contributed by atoms with Crippen molar-refractivity contribution in [1.29, 1.82) is 0 Å². The van der Waals surface area contributed by atoms with Gasteiger partial charge < -0.3 is 14.8 Å². The van der Waals surface area contributed by atoms with Crippen LogP contribution in [0.15, 0.2) is 67.0 Å². The van der Waals surface area contributed by atoms with Gasteiger partial charge in [0.25, 0.3) is 0 Å². The molecule has 1 aliphatic rings. The van der Waals surface area contributed by atoms with Crippen LogP contribution in [0.3, 0.4) is 0 Å². The summed E-state index contributed by atoms with van der Waals surface area (Å²) in [7, 11) is 1.67. The SMILES string of the molecule is COc1cccc(-c2cncc(NCCC3(c4ccccc4)CCOC(C)C3)n2)c1. The molecule has 0 amide bonds. The zero-order valence-electron chi connectivity index (χ0n) is 17.7. The van der Waals surface area contributed by atoms with Crippen molar-refractivity contribution in [2.24, 2.45) is 0 Å². The van der Waals surface area contributed by atoms with Crippen molar-refractivity contribution in [2.75, 3.05) is 25.6 Å². The number of nitrogens with one attached hydrogen (secondary N) is 1. The monoisotopic (exact) mass is 403 g/mol. The first-order valence-corrected chi connectivity index (χ1v) is 10.6. The first kappa shape index (κ1) is 20.4. The zero-order valence-corrected chi connectivity index (χ0v) is 17.7. The maximum Gasteiger partial charge on any atom is 0.145 e. The third-order valence-corrected chi connectivity index (χ3v) is 5.96. The predicted octanol–water partition coefficient (Wildman–Crippen LogP) is 5.09. The van der Waals surface area contributed by atoms with Crippen LogP contribution in [0, 0.1) is 0 Å². The summed E-state index contributed by atoms with van der Waals surface area (Å²) in [5, 5.41) is 3.49. The van der Waals surface area contributed by atoms with Crippen molar-refractivity contribution in [3.63, 3.8) is 0 Å². The summed E-state index contributed by atoms with van der Waals surface area (Å²) in [6, 6.07) is 18.7. The van der Waals surface area contributed by atoms with E-state index in [1.165, 1.54) is 5.56 Å². The van der Waals surface area contributed by atoms with Crippen LogP contribution in [-0.2, 0) is 10.2 Å². The Hall–Kier alpha value is -2.92. The van der Waals surface area contributed by atoms with Crippen LogP contribution in [0.1, 0.15) is 31.7 Å². The van der Waals surface area contributed by atoms with Gasteiger partial charge in [-0.1, -0.05) is 42.5 Å². The molecule has 2 atom stereocenters. The van der Waals surface area contributed by atoms with Crippen molar-refractivity contribution in [3.05, 3.63) is 72.6 Å². The van der Waals surface area contributed by atoms with Gasteiger partial charge >= 0.3 is 0 Å². The molecule has 5 heteroatoms. The standard InChI is InChI=1S/C25H29N3O2/c1-19-16-25(12-14-30-19,21-8-4-3-5-9-21)11-13-27-24-18-26-17-23(28-24)20-7-6-10-22(15-20)29-2/h3-10,15,17-19H,11-14,16H2,1-2H3,(H,27,28). The molecule has 156 valence electrons. The molecule has 30 heavy (non-hydrogen) atoms. The number of ether oxygens (including phenoxy) is 2. The van der Waals surface area contributed by atoms with E-state index in [9.17, 15) is 0 Å². The molecule has 1 N–H and O–H groups in total. The second-order valence-electron chi connectivity index (χ2n) is 7.98. The van der Waals surface area contributed by atoms with Gasteiger partial charge in [-0.2, -0.15) is 0 Å². The average Bonchev–Trinajstić information content (AvgIpc) is 2.80. The molecule has 5 nitrogen and oxygen atoms in total. The second-order valence-corrected chi connectivity index (χ2v) is 7.98. The third-order valence-electron chi connectivity index (χ3n) is 5.96. The molecule has 4 rings (SSSR count). The van der Waals surface area contributed by atoms with Crippen molar-refractivity contribution < 1.29 is 9.47 Å². The maximum atomic E-state index is 5.85. The predicted molar refractivity (Wildman–Crippen MR) is 120 cm³/mol. The highest BCUT2D eigenvalue weighted by Crippen LogP contribution is 2.40. The lowest BCUT2D eigenvalue weighted by atomic mass is 9.70. The number of hydrogen-bond donors (Lipinski definition) is 1. The zero-order chi connectivity index (χ0) is 20.8. The molecule has 1 fully saturated rings. The Morgan fingerprint density at radius 1 is 1.13 bits per heavy atom. The van der Waals surface area contributed by atoms with E-state index in [0.717, 1.165) is 55.2 Å². The van der Waals surface area contributed by atoms with Crippen LogP contribution in [0.4, 0.5) is 5.82 Å². The summed E-state index contributed by atoms with van der Waals surface area (Å²) in [6.45, 7) is 3.81. The van der Waals surface area contributed by atoms with Crippen LogP contribution in [0.5, 0.6) is 5.75 Å². The Kier molecular flexibility index (Phi) is 6.29.